The van der Waals surface area contributed by atoms with Crippen LogP contribution in [-0.4, -0.2) is 31.7 Å². The molecule has 0 bridgehead atoms. The lowest BCUT2D eigenvalue weighted by molar-refractivity contribution is -0.877. The van der Waals surface area contributed by atoms with E-state index in [4.69, 9.17) is 0 Å². The van der Waals surface area contributed by atoms with E-state index >= 15 is 0 Å². The monoisotopic (exact) mass is 433 g/mol. The van der Waals surface area contributed by atoms with Crippen molar-refractivity contribution in [3.8, 4) is 11.8 Å². The van der Waals surface area contributed by atoms with E-state index in [1.807, 2.05) is 30.3 Å². The first-order valence-corrected chi connectivity index (χ1v) is 8.12. The van der Waals surface area contributed by atoms with Gasteiger partial charge in [0.15, 0.2) is 0 Å². The Labute approximate surface area is 158 Å². The lowest BCUT2D eigenvalue weighted by atomic mass is 10.2. The zero-order chi connectivity index (χ0) is 15.8. The lowest BCUT2D eigenvalue weighted by Gasteiger charge is -2.25. The number of nitrogens with zero attached hydrogens (tertiary/aromatic N) is 1. The van der Waals surface area contributed by atoms with Crippen LogP contribution in [0.15, 0.2) is 65.1 Å². The van der Waals surface area contributed by atoms with E-state index in [1.165, 1.54) is 5.56 Å². The molecule has 2 rings (SSSR count). The average molecular weight is 435 g/mol. The zero-order valence-corrected chi connectivity index (χ0v) is 16.6. The van der Waals surface area contributed by atoms with Crippen molar-refractivity contribution in [3.63, 3.8) is 0 Å². The Bertz CT molecular complexity index is 677. The molecule has 0 aliphatic rings. The van der Waals surface area contributed by atoms with Crippen LogP contribution in [0.25, 0.3) is 6.08 Å². The molecular formula is C20H21Br2N. The summed E-state index contributed by atoms with van der Waals surface area (Å²) in [6.45, 7) is 1.79. The molecule has 0 saturated carbocycles. The molecule has 120 valence electrons. The Hall–Kier alpha value is -1.34. The Morgan fingerprint density at radius 2 is 1.65 bits per heavy atom. The minimum atomic E-state index is 0. The van der Waals surface area contributed by atoms with Gasteiger partial charge < -0.3 is 21.5 Å². The van der Waals surface area contributed by atoms with Crippen LogP contribution < -0.4 is 17.0 Å². The van der Waals surface area contributed by atoms with Gasteiger partial charge in [-0.3, -0.25) is 0 Å². The van der Waals surface area contributed by atoms with Crippen LogP contribution in [0.1, 0.15) is 11.1 Å². The summed E-state index contributed by atoms with van der Waals surface area (Å²) < 4.78 is 1.94. The van der Waals surface area contributed by atoms with Crippen molar-refractivity contribution >= 4 is 22.0 Å². The second kappa shape index (κ2) is 9.72. The number of benzene rings is 2. The van der Waals surface area contributed by atoms with Crippen molar-refractivity contribution in [1.82, 2.24) is 0 Å². The molecule has 0 fully saturated rings. The predicted molar refractivity (Wildman–Crippen MR) is 98.3 cm³/mol. The highest BCUT2D eigenvalue weighted by Gasteiger charge is 2.09. The van der Waals surface area contributed by atoms with Gasteiger partial charge in [-0.05, 0) is 41.8 Å². The number of quaternary nitrogens is 1. The van der Waals surface area contributed by atoms with Crippen molar-refractivity contribution in [2.75, 3.05) is 27.2 Å². The second-order valence-corrected chi connectivity index (χ2v) is 6.81. The summed E-state index contributed by atoms with van der Waals surface area (Å²) in [5, 5.41) is 0. The normalized spacial score (nSPS) is 10.7. The van der Waals surface area contributed by atoms with Crippen LogP contribution in [-0.2, 0) is 0 Å². The maximum atomic E-state index is 3.43. The minimum absolute atomic E-state index is 0. The maximum absolute atomic E-state index is 3.43. The Morgan fingerprint density at radius 1 is 1.00 bits per heavy atom. The van der Waals surface area contributed by atoms with Crippen LogP contribution in [0.4, 0.5) is 0 Å². The summed E-state index contributed by atoms with van der Waals surface area (Å²) >= 11 is 3.43. The number of rotatable bonds is 4. The van der Waals surface area contributed by atoms with E-state index in [-0.39, 0.29) is 17.0 Å². The third-order valence-corrected chi connectivity index (χ3v) is 3.82. The van der Waals surface area contributed by atoms with E-state index in [2.05, 4.69) is 78.3 Å². The molecule has 0 aromatic heterocycles. The molecule has 1 nitrogen and oxygen atoms in total. The summed E-state index contributed by atoms with van der Waals surface area (Å²) in [7, 11) is 4.40. The first-order chi connectivity index (χ1) is 10.6. The van der Waals surface area contributed by atoms with Crippen molar-refractivity contribution in [2.45, 2.75) is 0 Å². The number of hydrogen-bond acceptors (Lipinski definition) is 0. The van der Waals surface area contributed by atoms with E-state index in [0.29, 0.717) is 0 Å². The molecule has 0 amide bonds. The van der Waals surface area contributed by atoms with Crippen molar-refractivity contribution < 1.29 is 21.5 Å². The molecule has 23 heavy (non-hydrogen) atoms. The van der Waals surface area contributed by atoms with Gasteiger partial charge in [-0.1, -0.05) is 58.3 Å². The van der Waals surface area contributed by atoms with Gasteiger partial charge in [-0.25, -0.2) is 0 Å². The minimum Gasteiger partial charge on any atom is -1.00 e. The molecule has 0 aliphatic carbocycles. The highest BCUT2D eigenvalue weighted by Crippen LogP contribution is 2.09. The molecule has 0 unspecified atom stereocenters. The molecule has 0 saturated heterocycles. The third-order valence-electron chi connectivity index (χ3n) is 3.29. The molecule has 2 aromatic carbocycles. The van der Waals surface area contributed by atoms with Gasteiger partial charge in [0.1, 0.15) is 6.54 Å². The van der Waals surface area contributed by atoms with Gasteiger partial charge in [0, 0.05) is 10.0 Å². The van der Waals surface area contributed by atoms with Gasteiger partial charge in [0.05, 0.1) is 20.6 Å². The molecule has 3 heteroatoms. The SMILES string of the molecule is C[N+](C)(CC#Cc1ccc(Br)cc1)CC=Cc1ccccc1.[Br-]. The Balaban J connectivity index is 0.00000264. The fourth-order valence-electron chi connectivity index (χ4n) is 1.99. The lowest BCUT2D eigenvalue weighted by Crippen LogP contribution is -3.00. The summed E-state index contributed by atoms with van der Waals surface area (Å²) in [6.07, 6.45) is 4.39. The zero-order valence-electron chi connectivity index (χ0n) is 13.5. The Kier molecular flexibility index (Phi) is 8.33. The Morgan fingerprint density at radius 3 is 2.30 bits per heavy atom. The first-order valence-electron chi connectivity index (χ1n) is 7.33. The number of halogens is 2. The predicted octanol–water partition coefficient (Wildman–Crippen LogP) is 1.59. The summed E-state index contributed by atoms with van der Waals surface area (Å²) in [5.74, 6) is 6.51. The molecule has 0 spiro atoms. The largest absolute Gasteiger partial charge is 1.00 e. The molecule has 0 atom stereocenters. The van der Waals surface area contributed by atoms with Crippen LogP contribution >= 0.6 is 15.9 Å². The van der Waals surface area contributed by atoms with E-state index < -0.39 is 0 Å². The van der Waals surface area contributed by atoms with Crippen LogP contribution in [0.2, 0.25) is 0 Å². The highest BCUT2D eigenvalue weighted by atomic mass is 79.9. The molecular weight excluding hydrogens is 414 g/mol. The van der Waals surface area contributed by atoms with Crippen molar-refractivity contribution in [1.29, 1.82) is 0 Å². The van der Waals surface area contributed by atoms with Crippen LogP contribution in [0.5, 0.6) is 0 Å². The van der Waals surface area contributed by atoms with Gasteiger partial charge in [-0.15, -0.1) is 0 Å². The van der Waals surface area contributed by atoms with Crippen LogP contribution in [0.3, 0.4) is 0 Å². The summed E-state index contributed by atoms with van der Waals surface area (Å²) in [4.78, 5) is 0. The molecule has 0 heterocycles. The van der Waals surface area contributed by atoms with Gasteiger partial charge in [-0.2, -0.15) is 0 Å². The summed E-state index contributed by atoms with van der Waals surface area (Å²) in [5.41, 5.74) is 2.30. The standard InChI is InChI=1S/C20H21BrN.BrH/c1-22(2,16-6-10-18-8-4-3-5-9-18)17-7-11-19-12-14-20(21)15-13-19;/h3-6,8-10,12-15H,16-17H2,1-2H3;1H/q+1;/p-1. The summed E-state index contributed by atoms with van der Waals surface area (Å²) in [6, 6.07) is 18.5. The molecule has 0 aliphatic heterocycles. The van der Waals surface area contributed by atoms with E-state index in [1.54, 1.807) is 0 Å². The highest BCUT2D eigenvalue weighted by molar-refractivity contribution is 9.10. The topological polar surface area (TPSA) is 0 Å². The number of hydrogen-bond donors (Lipinski definition) is 0. The van der Waals surface area contributed by atoms with Crippen LogP contribution in [0, 0.1) is 11.8 Å². The van der Waals surface area contributed by atoms with Gasteiger partial charge in [0.2, 0.25) is 0 Å². The third kappa shape index (κ3) is 7.65. The molecule has 2 aromatic rings. The number of likely N-dealkylation sites (N-methyl/N-ethyl adjacent to an activating group) is 1. The average Bonchev–Trinajstić information content (AvgIpc) is 2.50. The first kappa shape index (κ1) is 19.7. The van der Waals surface area contributed by atoms with Crippen molar-refractivity contribution in [2.24, 2.45) is 0 Å². The van der Waals surface area contributed by atoms with Gasteiger partial charge in [0.25, 0.3) is 0 Å². The fraction of sp³-hybridized carbons (Fsp3) is 0.200. The maximum Gasteiger partial charge on any atom is 0.141 e. The molecule has 0 N–H and O–H groups in total. The smallest absolute Gasteiger partial charge is 0.141 e. The van der Waals surface area contributed by atoms with E-state index in [9.17, 15) is 0 Å². The van der Waals surface area contributed by atoms with E-state index in [0.717, 1.165) is 27.6 Å². The fourth-order valence-corrected chi connectivity index (χ4v) is 2.26. The van der Waals surface area contributed by atoms with Gasteiger partial charge >= 0.3 is 0 Å². The van der Waals surface area contributed by atoms with Crippen molar-refractivity contribution in [3.05, 3.63) is 76.3 Å². The molecule has 0 radical (unpaired) electrons. The second-order valence-electron chi connectivity index (χ2n) is 5.90. The quantitative estimate of drug-likeness (QED) is 0.506.